The molecule has 6 nitrogen and oxygen atoms in total. The molecule has 6 heteroatoms. The monoisotopic (exact) mass is 280 g/mol. The maximum absolute atomic E-state index is 11.6. The van der Waals surface area contributed by atoms with Crippen LogP contribution in [-0.2, 0) is 20.7 Å². The predicted molar refractivity (Wildman–Crippen MR) is 74.3 cm³/mol. The second kappa shape index (κ2) is 8.16. The summed E-state index contributed by atoms with van der Waals surface area (Å²) in [4.78, 5) is 22.9. The summed E-state index contributed by atoms with van der Waals surface area (Å²) in [5.41, 5.74) is 6.49. The number of methoxy groups -OCH3 is 1. The first kappa shape index (κ1) is 16.0. The van der Waals surface area contributed by atoms with E-state index in [4.69, 9.17) is 10.5 Å². The topological polar surface area (TPSA) is 90.7 Å². The number of nitrogens with two attached hydrogens (primary N) is 1. The maximum atomic E-state index is 11.6. The van der Waals surface area contributed by atoms with Crippen molar-refractivity contribution in [2.45, 2.75) is 19.4 Å². The van der Waals surface area contributed by atoms with Crippen LogP contribution >= 0.6 is 0 Å². The lowest BCUT2D eigenvalue weighted by molar-refractivity contribution is -0.147. The molecule has 3 N–H and O–H groups in total. The quantitative estimate of drug-likeness (QED) is 0.551. The number of hydrogen-bond donors (Lipinski definition) is 2. The van der Waals surface area contributed by atoms with Crippen molar-refractivity contribution < 1.29 is 19.1 Å². The number of esters is 1. The van der Waals surface area contributed by atoms with Gasteiger partial charge in [0.1, 0.15) is 5.75 Å². The van der Waals surface area contributed by atoms with Gasteiger partial charge in [-0.25, -0.2) is 4.79 Å². The summed E-state index contributed by atoms with van der Waals surface area (Å²) in [5, 5.41) is 2.60. The van der Waals surface area contributed by atoms with Gasteiger partial charge < -0.3 is 20.5 Å². The minimum Gasteiger partial charge on any atom is -0.497 e. The molecule has 0 radical (unpaired) electrons. The van der Waals surface area contributed by atoms with Gasteiger partial charge in [0, 0.05) is 6.54 Å². The summed E-state index contributed by atoms with van der Waals surface area (Å²) in [6.07, 6.45) is 0.623. The van der Waals surface area contributed by atoms with Crippen LogP contribution in [-0.4, -0.2) is 38.2 Å². The van der Waals surface area contributed by atoms with Crippen LogP contribution in [0.25, 0.3) is 0 Å². The van der Waals surface area contributed by atoms with Crippen molar-refractivity contribution in [3.63, 3.8) is 0 Å². The van der Waals surface area contributed by atoms with Crippen LogP contribution in [0.2, 0.25) is 0 Å². The molecule has 0 heterocycles. The van der Waals surface area contributed by atoms with E-state index in [0.717, 1.165) is 11.3 Å². The molecule has 20 heavy (non-hydrogen) atoms. The number of carbonyl (C=O) groups excluding carboxylic acids is 2. The Morgan fingerprint density at radius 3 is 2.80 bits per heavy atom. The fourth-order valence-electron chi connectivity index (χ4n) is 1.61. The molecule has 1 aromatic carbocycles. The fraction of sp³-hybridized carbons (Fsp3) is 0.429. The smallest absolute Gasteiger partial charge is 0.332 e. The molecule has 0 fully saturated rings. The molecule has 0 saturated carbocycles. The zero-order valence-corrected chi connectivity index (χ0v) is 11.7. The summed E-state index contributed by atoms with van der Waals surface area (Å²) in [6, 6.07) is 6.26. The van der Waals surface area contributed by atoms with Gasteiger partial charge in [0.2, 0.25) is 5.91 Å². The molecule has 1 unspecified atom stereocenters. The molecule has 1 rings (SSSR count). The Morgan fingerprint density at radius 1 is 1.40 bits per heavy atom. The molecule has 1 aromatic rings. The van der Waals surface area contributed by atoms with Gasteiger partial charge in [0.25, 0.3) is 0 Å². The van der Waals surface area contributed by atoms with Crippen LogP contribution in [0.3, 0.4) is 0 Å². The Morgan fingerprint density at radius 2 is 2.15 bits per heavy atom. The molecule has 0 aromatic heterocycles. The number of rotatable bonds is 7. The Bertz CT molecular complexity index is 462. The summed E-state index contributed by atoms with van der Waals surface area (Å²) in [5.74, 6) is -0.491. The van der Waals surface area contributed by atoms with Crippen LogP contribution in [0.5, 0.6) is 5.75 Å². The second-order valence-corrected chi connectivity index (χ2v) is 4.12. The lowest BCUT2D eigenvalue weighted by Gasteiger charge is -2.11. The van der Waals surface area contributed by atoms with Crippen LogP contribution < -0.4 is 15.8 Å². The molecular weight excluding hydrogens is 260 g/mol. The number of amides is 1. The molecule has 0 saturated heterocycles. The first-order chi connectivity index (χ1) is 9.58. The van der Waals surface area contributed by atoms with E-state index in [1.54, 1.807) is 14.0 Å². The minimum atomic E-state index is -1.28. The zero-order valence-electron chi connectivity index (χ0n) is 11.7. The molecule has 0 aliphatic rings. The van der Waals surface area contributed by atoms with Crippen molar-refractivity contribution in [2.75, 3.05) is 20.3 Å². The first-order valence-electron chi connectivity index (χ1n) is 6.41. The Labute approximate surface area is 118 Å². The summed E-state index contributed by atoms with van der Waals surface area (Å²) in [7, 11) is 1.60. The van der Waals surface area contributed by atoms with Gasteiger partial charge in [-0.1, -0.05) is 12.1 Å². The van der Waals surface area contributed by atoms with Crippen LogP contribution in [0.1, 0.15) is 12.5 Å². The van der Waals surface area contributed by atoms with Crippen LogP contribution in [0.15, 0.2) is 24.3 Å². The van der Waals surface area contributed by atoms with Gasteiger partial charge in [-0.15, -0.1) is 0 Å². The summed E-state index contributed by atoms with van der Waals surface area (Å²) < 4.78 is 9.79. The Kier molecular flexibility index (Phi) is 6.52. The molecule has 0 bridgehead atoms. The third-order valence-electron chi connectivity index (χ3n) is 2.67. The zero-order chi connectivity index (χ0) is 15.0. The van der Waals surface area contributed by atoms with Crippen molar-refractivity contribution in [1.82, 2.24) is 5.32 Å². The average Bonchev–Trinajstić information content (AvgIpc) is 2.46. The highest BCUT2D eigenvalue weighted by Crippen LogP contribution is 2.12. The van der Waals surface area contributed by atoms with Gasteiger partial charge in [-0.05, 0) is 31.0 Å². The summed E-state index contributed by atoms with van der Waals surface area (Å²) in [6.45, 7) is 2.24. The second-order valence-electron chi connectivity index (χ2n) is 4.12. The predicted octanol–water partition coefficient (Wildman–Crippen LogP) is 0.244. The van der Waals surface area contributed by atoms with Crippen molar-refractivity contribution in [3.05, 3.63) is 29.8 Å². The highest BCUT2D eigenvalue weighted by molar-refractivity contribution is 6.01. The van der Waals surface area contributed by atoms with E-state index in [1.165, 1.54) is 0 Å². The highest BCUT2D eigenvalue weighted by atomic mass is 16.5. The number of nitrogens with one attached hydrogen (secondary N) is 1. The van der Waals surface area contributed by atoms with Gasteiger partial charge in [-0.3, -0.25) is 4.79 Å². The standard InChI is InChI=1S/C14H20N2O4/c1-3-20-14(18)12(15)13(17)16-8-7-10-5-4-6-11(9-10)19-2/h4-6,9,12H,3,7-8,15H2,1-2H3,(H,16,17). The average molecular weight is 280 g/mol. The normalized spacial score (nSPS) is 11.6. The number of benzene rings is 1. The van der Waals surface area contributed by atoms with Gasteiger partial charge in [0.15, 0.2) is 6.04 Å². The van der Waals surface area contributed by atoms with Crippen molar-refractivity contribution in [2.24, 2.45) is 5.73 Å². The van der Waals surface area contributed by atoms with Gasteiger partial charge in [-0.2, -0.15) is 0 Å². The molecule has 0 aliphatic carbocycles. The van der Waals surface area contributed by atoms with E-state index in [-0.39, 0.29) is 6.61 Å². The first-order valence-corrected chi connectivity index (χ1v) is 6.41. The fourth-order valence-corrected chi connectivity index (χ4v) is 1.61. The van der Waals surface area contributed by atoms with Crippen molar-refractivity contribution in [3.8, 4) is 5.75 Å². The highest BCUT2D eigenvalue weighted by Gasteiger charge is 2.22. The SMILES string of the molecule is CCOC(=O)C(N)C(=O)NCCc1cccc(OC)c1. The Hall–Kier alpha value is -2.08. The Balaban J connectivity index is 2.39. The number of carbonyl (C=O) groups is 2. The minimum absolute atomic E-state index is 0.198. The lowest BCUT2D eigenvalue weighted by Crippen LogP contribution is -2.47. The van der Waals surface area contributed by atoms with E-state index in [2.05, 4.69) is 10.1 Å². The third kappa shape index (κ3) is 4.89. The number of hydrogen-bond acceptors (Lipinski definition) is 5. The molecular formula is C14H20N2O4. The van der Waals surface area contributed by atoms with Gasteiger partial charge >= 0.3 is 5.97 Å². The van der Waals surface area contributed by atoms with Crippen molar-refractivity contribution in [1.29, 1.82) is 0 Å². The van der Waals surface area contributed by atoms with Crippen molar-refractivity contribution >= 4 is 11.9 Å². The largest absolute Gasteiger partial charge is 0.497 e. The van der Waals surface area contributed by atoms with Gasteiger partial charge in [0.05, 0.1) is 13.7 Å². The van der Waals surface area contributed by atoms with E-state index in [0.29, 0.717) is 13.0 Å². The van der Waals surface area contributed by atoms with E-state index in [9.17, 15) is 9.59 Å². The van der Waals surface area contributed by atoms with Crippen LogP contribution in [0.4, 0.5) is 0 Å². The summed E-state index contributed by atoms with van der Waals surface area (Å²) >= 11 is 0. The molecule has 0 aliphatic heterocycles. The lowest BCUT2D eigenvalue weighted by atomic mass is 10.1. The van der Waals surface area contributed by atoms with E-state index in [1.807, 2.05) is 24.3 Å². The molecule has 1 amide bonds. The van der Waals surface area contributed by atoms with E-state index < -0.39 is 17.9 Å². The molecule has 0 spiro atoms. The van der Waals surface area contributed by atoms with E-state index >= 15 is 0 Å². The third-order valence-corrected chi connectivity index (χ3v) is 2.67. The maximum Gasteiger partial charge on any atom is 0.332 e. The molecule has 1 atom stereocenters. The van der Waals surface area contributed by atoms with Crippen LogP contribution in [0, 0.1) is 0 Å². The number of ether oxygens (including phenoxy) is 2. The molecule has 110 valence electrons.